The first-order chi connectivity index (χ1) is 6.19. The van der Waals surface area contributed by atoms with Crippen molar-refractivity contribution in [2.24, 2.45) is 5.92 Å². The minimum atomic E-state index is -0.155. The number of aliphatic hydroxyl groups excluding tert-OH is 1. The molecule has 0 aliphatic carbocycles. The Morgan fingerprint density at radius 1 is 1.62 bits per heavy atom. The Kier molecular flexibility index (Phi) is 3.90. The summed E-state index contributed by atoms with van der Waals surface area (Å²) >= 11 is 0. The molecule has 0 saturated carbocycles. The van der Waals surface area contributed by atoms with Crippen LogP contribution in [0.3, 0.4) is 0 Å². The van der Waals surface area contributed by atoms with Gasteiger partial charge in [0.25, 0.3) is 0 Å². The van der Waals surface area contributed by atoms with Crippen molar-refractivity contribution >= 4 is 0 Å². The standard InChI is InChI=1S/C10H20N2O/c1-4-6-11(3)12-7-9(5-2)10(13)8-12/h4,9-10,13H,1,5-8H2,2-3H3. The van der Waals surface area contributed by atoms with Crippen LogP contribution in [0, 0.1) is 5.92 Å². The van der Waals surface area contributed by atoms with E-state index in [1.165, 1.54) is 0 Å². The predicted molar refractivity (Wildman–Crippen MR) is 54.2 cm³/mol. The van der Waals surface area contributed by atoms with E-state index in [0.29, 0.717) is 5.92 Å². The number of aliphatic hydroxyl groups is 1. The third-order valence-electron chi connectivity index (χ3n) is 2.79. The Balaban J connectivity index is 2.42. The van der Waals surface area contributed by atoms with Gasteiger partial charge in [0.1, 0.15) is 0 Å². The molecule has 0 aromatic heterocycles. The van der Waals surface area contributed by atoms with Crippen LogP contribution in [0.2, 0.25) is 0 Å². The van der Waals surface area contributed by atoms with E-state index in [1.807, 2.05) is 13.1 Å². The molecule has 1 aliphatic rings. The number of rotatable bonds is 4. The largest absolute Gasteiger partial charge is 0.391 e. The molecular weight excluding hydrogens is 164 g/mol. The van der Waals surface area contributed by atoms with Gasteiger partial charge in [0.15, 0.2) is 0 Å². The van der Waals surface area contributed by atoms with E-state index in [9.17, 15) is 5.11 Å². The SMILES string of the molecule is C=CCN(C)N1CC(O)C(CC)C1. The van der Waals surface area contributed by atoms with Gasteiger partial charge in [0.2, 0.25) is 0 Å². The van der Waals surface area contributed by atoms with Crippen LogP contribution in [-0.2, 0) is 0 Å². The van der Waals surface area contributed by atoms with Crippen LogP contribution in [0.5, 0.6) is 0 Å². The molecule has 13 heavy (non-hydrogen) atoms. The molecule has 0 amide bonds. The summed E-state index contributed by atoms with van der Waals surface area (Å²) in [6.45, 7) is 8.42. The molecular formula is C10H20N2O. The van der Waals surface area contributed by atoms with Crippen molar-refractivity contribution in [1.29, 1.82) is 0 Å². The lowest BCUT2D eigenvalue weighted by molar-refractivity contribution is 0.0226. The van der Waals surface area contributed by atoms with Gasteiger partial charge in [-0.15, -0.1) is 6.58 Å². The highest BCUT2D eigenvalue weighted by molar-refractivity contribution is 4.82. The van der Waals surface area contributed by atoms with Crippen molar-refractivity contribution in [1.82, 2.24) is 10.0 Å². The molecule has 1 saturated heterocycles. The highest BCUT2D eigenvalue weighted by atomic mass is 16.3. The van der Waals surface area contributed by atoms with Crippen LogP contribution in [0.1, 0.15) is 13.3 Å². The van der Waals surface area contributed by atoms with Crippen molar-refractivity contribution in [2.75, 3.05) is 26.7 Å². The first-order valence-corrected chi connectivity index (χ1v) is 4.94. The van der Waals surface area contributed by atoms with E-state index >= 15 is 0 Å². The smallest absolute Gasteiger partial charge is 0.0722 e. The number of hydrogen-bond donors (Lipinski definition) is 1. The predicted octanol–water partition coefficient (Wildman–Crippen LogP) is 0.722. The van der Waals surface area contributed by atoms with Gasteiger partial charge in [0, 0.05) is 26.7 Å². The molecule has 3 nitrogen and oxygen atoms in total. The normalized spacial score (nSPS) is 29.8. The van der Waals surface area contributed by atoms with Crippen LogP contribution in [0.4, 0.5) is 0 Å². The summed E-state index contributed by atoms with van der Waals surface area (Å²) in [6.07, 6.45) is 2.78. The number of nitrogens with zero attached hydrogens (tertiary/aromatic N) is 2. The summed E-state index contributed by atoms with van der Waals surface area (Å²) in [7, 11) is 2.03. The fraction of sp³-hybridized carbons (Fsp3) is 0.800. The number of hydrogen-bond acceptors (Lipinski definition) is 3. The quantitative estimate of drug-likeness (QED) is 0.652. The summed E-state index contributed by atoms with van der Waals surface area (Å²) in [6, 6.07) is 0. The van der Waals surface area contributed by atoms with Gasteiger partial charge in [-0.2, -0.15) is 0 Å². The molecule has 0 aromatic rings. The molecule has 1 rings (SSSR count). The van der Waals surface area contributed by atoms with E-state index in [-0.39, 0.29) is 6.10 Å². The van der Waals surface area contributed by atoms with Crippen molar-refractivity contribution in [3.8, 4) is 0 Å². The van der Waals surface area contributed by atoms with Crippen LogP contribution < -0.4 is 0 Å². The maximum Gasteiger partial charge on any atom is 0.0722 e. The highest BCUT2D eigenvalue weighted by Crippen LogP contribution is 2.20. The molecule has 2 unspecified atom stereocenters. The summed E-state index contributed by atoms with van der Waals surface area (Å²) < 4.78 is 0. The summed E-state index contributed by atoms with van der Waals surface area (Å²) in [5.41, 5.74) is 0. The zero-order valence-electron chi connectivity index (χ0n) is 8.61. The molecule has 0 bridgehead atoms. The average Bonchev–Trinajstić information content (AvgIpc) is 2.47. The van der Waals surface area contributed by atoms with Crippen LogP contribution >= 0.6 is 0 Å². The zero-order chi connectivity index (χ0) is 9.84. The molecule has 1 fully saturated rings. The van der Waals surface area contributed by atoms with Gasteiger partial charge in [-0.1, -0.05) is 13.0 Å². The average molecular weight is 184 g/mol. The Morgan fingerprint density at radius 2 is 2.31 bits per heavy atom. The summed E-state index contributed by atoms with van der Waals surface area (Å²) in [4.78, 5) is 0. The van der Waals surface area contributed by atoms with Crippen molar-refractivity contribution in [2.45, 2.75) is 19.4 Å². The number of hydrazine groups is 1. The van der Waals surface area contributed by atoms with Crippen LogP contribution in [-0.4, -0.2) is 47.9 Å². The third-order valence-corrected chi connectivity index (χ3v) is 2.79. The van der Waals surface area contributed by atoms with E-state index in [2.05, 4.69) is 23.5 Å². The molecule has 0 radical (unpaired) electrons. The molecule has 3 heteroatoms. The maximum absolute atomic E-state index is 9.68. The fourth-order valence-corrected chi connectivity index (χ4v) is 1.81. The van der Waals surface area contributed by atoms with Crippen molar-refractivity contribution in [3.05, 3.63) is 12.7 Å². The van der Waals surface area contributed by atoms with Gasteiger partial charge in [-0.05, 0) is 12.3 Å². The molecule has 0 spiro atoms. The van der Waals surface area contributed by atoms with Gasteiger partial charge >= 0.3 is 0 Å². The van der Waals surface area contributed by atoms with Gasteiger partial charge in [-0.3, -0.25) is 0 Å². The monoisotopic (exact) mass is 184 g/mol. The molecule has 1 N–H and O–H groups in total. The van der Waals surface area contributed by atoms with Gasteiger partial charge < -0.3 is 5.11 Å². The fourth-order valence-electron chi connectivity index (χ4n) is 1.81. The molecule has 0 aromatic carbocycles. The summed E-state index contributed by atoms with van der Waals surface area (Å²) in [5.74, 6) is 0.437. The van der Waals surface area contributed by atoms with E-state index in [0.717, 1.165) is 26.1 Å². The van der Waals surface area contributed by atoms with Crippen molar-refractivity contribution in [3.63, 3.8) is 0 Å². The lowest BCUT2D eigenvalue weighted by Gasteiger charge is -2.26. The Morgan fingerprint density at radius 3 is 2.77 bits per heavy atom. The first kappa shape index (κ1) is 10.7. The van der Waals surface area contributed by atoms with Gasteiger partial charge in [0.05, 0.1) is 6.10 Å². The lowest BCUT2D eigenvalue weighted by Crippen LogP contribution is -2.38. The first-order valence-electron chi connectivity index (χ1n) is 4.94. The Hall–Kier alpha value is -0.380. The van der Waals surface area contributed by atoms with E-state index in [1.54, 1.807) is 0 Å². The Bertz CT molecular complexity index is 172. The molecule has 76 valence electrons. The van der Waals surface area contributed by atoms with E-state index in [4.69, 9.17) is 0 Å². The topological polar surface area (TPSA) is 26.7 Å². The number of likely N-dealkylation sites (N-methyl/N-ethyl adjacent to an activating group) is 1. The second-order valence-electron chi connectivity index (χ2n) is 3.74. The highest BCUT2D eigenvalue weighted by Gasteiger charge is 2.31. The lowest BCUT2D eigenvalue weighted by atomic mass is 10.0. The second kappa shape index (κ2) is 4.74. The summed E-state index contributed by atoms with van der Waals surface area (Å²) in [5, 5.41) is 14.0. The molecule has 2 atom stereocenters. The number of β-amino-alcohol motifs (C(OH)–C–C–N with tert-alkyl or cyclic N) is 1. The molecule has 1 heterocycles. The Labute approximate surface area is 80.6 Å². The molecule has 1 aliphatic heterocycles. The van der Waals surface area contributed by atoms with Gasteiger partial charge in [-0.25, -0.2) is 10.0 Å². The minimum absolute atomic E-state index is 0.155. The van der Waals surface area contributed by atoms with Crippen LogP contribution in [0.25, 0.3) is 0 Å². The third kappa shape index (κ3) is 2.53. The zero-order valence-corrected chi connectivity index (χ0v) is 8.61. The minimum Gasteiger partial charge on any atom is -0.391 e. The van der Waals surface area contributed by atoms with Crippen LogP contribution in [0.15, 0.2) is 12.7 Å². The second-order valence-corrected chi connectivity index (χ2v) is 3.74. The van der Waals surface area contributed by atoms with Crippen molar-refractivity contribution < 1.29 is 5.11 Å². The maximum atomic E-state index is 9.68. The van der Waals surface area contributed by atoms with E-state index < -0.39 is 0 Å².